The molecule has 7 heteroatoms. The fraction of sp³-hybridized carbons (Fsp3) is 0.269. The SMILES string of the molecule is CN(C(=O)Cc1ccccc1)c1ncc(-c2cc(C(N)=O)ccc2Cl)cc1N1CCCCC1. The lowest BCUT2D eigenvalue weighted by Gasteiger charge is -2.32. The molecule has 0 radical (unpaired) electrons. The molecule has 1 aromatic heterocycles. The van der Waals surface area contributed by atoms with Gasteiger partial charge in [0.25, 0.3) is 0 Å². The van der Waals surface area contributed by atoms with Crippen LogP contribution < -0.4 is 15.5 Å². The maximum Gasteiger partial charge on any atom is 0.248 e. The van der Waals surface area contributed by atoms with Crippen LogP contribution in [0, 0.1) is 0 Å². The number of halogens is 1. The minimum Gasteiger partial charge on any atom is -0.369 e. The molecule has 2 heterocycles. The molecule has 1 saturated heterocycles. The van der Waals surface area contributed by atoms with E-state index in [1.165, 1.54) is 6.42 Å². The second kappa shape index (κ2) is 10.0. The number of piperidine rings is 1. The van der Waals surface area contributed by atoms with Crippen molar-refractivity contribution in [2.75, 3.05) is 29.9 Å². The Hall–Kier alpha value is -3.38. The molecule has 0 unspecified atom stereocenters. The summed E-state index contributed by atoms with van der Waals surface area (Å²) in [6, 6.07) is 16.7. The first-order valence-corrected chi connectivity index (χ1v) is 11.5. The Morgan fingerprint density at radius 1 is 1.06 bits per heavy atom. The summed E-state index contributed by atoms with van der Waals surface area (Å²) < 4.78 is 0. The molecule has 6 nitrogen and oxygen atoms in total. The molecule has 0 bridgehead atoms. The Bertz CT molecular complexity index is 1160. The average Bonchev–Trinajstić information content (AvgIpc) is 2.84. The number of hydrogen-bond donors (Lipinski definition) is 1. The number of primary amides is 1. The van der Waals surface area contributed by atoms with Crippen molar-refractivity contribution in [2.45, 2.75) is 25.7 Å². The summed E-state index contributed by atoms with van der Waals surface area (Å²) in [5.41, 5.74) is 9.15. The third-order valence-electron chi connectivity index (χ3n) is 6.00. The van der Waals surface area contributed by atoms with E-state index in [0.29, 0.717) is 28.4 Å². The highest BCUT2D eigenvalue weighted by atomic mass is 35.5. The van der Waals surface area contributed by atoms with Crippen molar-refractivity contribution < 1.29 is 9.59 Å². The zero-order valence-corrected chi connectivity index (χ0v) is 19.4. The van der Waals surface area contributed by atoms with Gasteiger partial charge < -0.3 is 10.6 Å². The minimum atomic E-state index is -0.514. The highest BCUT2D eigenvalue weighted by molar-refractivity contribution is 6.33. The van der Waals surface area contributed by atoms with E-state index in [0.717, 1.165) is 42.7 Å². The molecule has 0 atom stereocenters. The van der Waals surface area contributed by atoms with E-state index in [2.05, 4.69) is 4.90 Å². The Morgan fingerprint density at radius 2 is 1.79 bits per heavy atom. The molecule has 2 amide bonds. The molecule has 0 saturated carbocycles. The van der Waals surface area contributed by atoms with E-state index in [9.17, 15) is 9.59 Å². The van der Waals surface area contributed by atoms with Gasteiger partial charge >= 0.3 is 0 Å². The number of carbonyl (C=O) groups excluding carboxylic acids is 2. The number of nitrogens with zero attached hydrogens (tertiary/aromatic N) is 3. The van der Waals surface area contributed by atoms with E-state index in [1.54, 1.807) is 36.3 Å². The van der Waals surface area contributed by atoms with Crippen LogP contribution in [-0.4, -0.2) is 36.9 Å². The summed E-state index contributed by atoms with van der Waals surface area (Å²) >= 11 is 6.46. The van der Waals surface area contributed by atoms with Gasteiger partial charge in [-0.15, -0.1) is 0 Å². The predicted molar refractivity (Wildman–Crippen MR) is 133 cm³/mol. The van der Waals surface area contributed by atoms with Crippen LogP contribution in [0.4, 0.5) is 11.5 Å². The lowest BCUT2D eigenvalue weighted by atomic mass is 10.0. The maximum atomic E-state index is 13.1. The maximum absolute atomic E-state index is 13.1. The molecular formula is C26H27ClN4O2. The van der Waals surface area contributed by atoms with Gasteiger partial charge in [0.1, 0.15) is 0 Å². The van der Waals surface area contributed by atoms with Gasteiger partial charge in [-0.25, -0.2) is 4.98 Å². The standard InChI is InChI=1S/C26H27ClN4O2/c1-30(24(32)14-18-8-4-2-5-9-18)26-23(31-12-6-3-7-13-31)16-20(17-29-26)21-15-19(25(28)33)10-11-22(21)27/h2,4-5,8-11,15-17H,3,6-7,12-14H2,1H3,(H2,28,33). The Morgan fingerprint density at radius 3 is 2.48 bits per heavy atom. The van der Waals surface area contributed by atoms with E-state index >= 15 is 0 Å². The summed E-state index contributed by atoms with van der Waals surface area (Å²) in [7, 11) is 1.77. The largest absolute Gasteiger partial charge is 0.369 e. The quantitative estimate of drug-likeness (QED) is 0.576. The van der Waals surface area contributed by atoms with Gasteiger partial charge in [0, 0.05) is 48.0 Å². The Balaban J connectivity index is 1.72. The minimum absolute atomic E-state index is 0.0338. The van der Waals surface area contributed by atoms with Gasteiger partial charge in [0.05, 0.1) is 12.1 Å². The molecule has 1 fully saturated rings. The monoisotopic (exact) mass is 462 g/mol. The first-order chi connectivity index (χ1) is 15.9. The topological polar surface area (TPSA) is 79.5 Å². The Kier molecular flexibility index (Phi) is 6.94. The van der Waals surface area contributed by atoms with Crippen molar-refractivity contribution in [1.82, 2.24) is 4.98 Å². The summed E-state index contributed by atoms with van der Waals surface area (Å²) in [5.74, 6) is 0.0669. The van der Waals surface area contributed by atoms with Crippen LogP contribution >= 0.6 is 11.6 Å². The third-order valence-corrected chi connectivity index (χ3v) is 6.33. The van der Waals surface area contributed by atoms with Gasteiger partial charge in [0.15, 0.2) is 5.82 Å². The van der Waals surface area contributed by atoms with Crippen molar-refractivity contribution in [3.05, 3.63) is 76.9 Å². The van der Waals surface area contributed by atoms with Crippen molar-refractivity contribution in [1.29, 1.82) is 0 Å². The zero-order chi connectivity index (χ0) is 23.4. The highest BCUT2D eigenvalue weighted by Crippen LogP contribution is 2.36. The number of amides is 2. The van der Waals surface area contributed by atoms with E-state index < -0.39 is 5.91 Å². The lowest BCUT2D eigenvalue weighted by Crippen LogP contribution is -2.34. The third kappa shape index (κ3) is 5.17. The molecule has 33 heavy (non-hydrogen) atoms. The smallest absolute Gasteiger partial charge is 0.248 e. The molecule has 0 aliphatic carbocycles. The number of hydrogen-bond acceptors (Lipinski definition) is 4. The van der Waals surface area contributed by atoms with Gasteiger partial charge in [-0.2, -0.15) is 0 Å². The summed E-state index contributed by atoms with van der Waals surface area (Å²) in [5, 5.41) is 0.507. The van der Waals surface area contributed by atoms with Crippen molar-refractivity contribution in [3.63, 3.8) is 0 Å². The molecule has 2 aromatic carbocycles. The number of anilines is 2. The first-order valence-electron chi connectivity index (χ1n) is 11.1. The van der Waals surface area contributed by atoms with Crippen molar-refractivity contribution in [3.8, 4) is 11.1 Å². The number of nitrogens with two attached hydrogens (primary N) is 1. The first kappa shape index (κ1) is 22.8. The van der Waals surface area contributed by atoms with Gasteiger partial charge in [-0.1, -0.05) is 41.9 Å². The van der Waals surface area contributed by atoms with Crippen LogP contribution in [0.15, 0.2) is 60.8 Å². The van der Waals surface area contributed by atoms with E-state index in [1.807, 2.05) is 36.4 Å². The predicted octanol–water partition coefficient (Wildman–Crippen LogP) is 4.70. The zero-order valence-electron chi connectivity index (χ0n) is 18.6. The second-order valence-electron chi connectivity index (χ2n) is 8.29. The molecule has 3 aromatic rings. The highest BCUT2D eigenvalue weighted by Gasteiger charge is 2.23. The van der Waals surface area contributed by atoms with Crippen LogP contribution in [0.2, 0.25) is 5.02 Å². The van der Waals surface area contributed by atoms with Gasteiger partial charge in [0.2, 0.25) is 11.8 Å². The number of aromatic nitrogens is 1. The van der Waals surface area contributed by atoms with Crippen LogP contribution in [0.3, 0.4) is 0 Å². The molecule has 4 rings (SSSR count). The molecule has 2 N–H and O–H groups in total. The number of likely N-dealkylation sites (N-methyl/N-ethyl adjacent to an activating group) is 1. The summed E-state index contributed by atoms with van der Waals surface area (Å²) in [4.78, 5) is 33.4. The van der Waals surface area contributed by atoms with Crippen LogP contribution in [0.5, 0.6) is 0 Å². The average molecular weight is 463 g/mol. The molecule has 1 aliphatic heterocycles. The van der Waals surface area contributed by atoms with Crippen LogP contribution in [0.25, 0.3) is 11.1 Å². The normalized spacial score (nSPS) is 13.6. The lowest BCUT2D eigenvalue weighted by molar-refractivity contribution is -0.117. The molecular weight excluding hydrogens is 436 g/mol. The summed E-state index contributed by atoms with van der Waals surface area (Å²) in [6.07, 6.45) is 5.36. The number of rotatable bonds is 6. The number of carbonyl (C=O) groups is 2. The molecule has 1 aliphatic rings. The van der Waals surface area contributed by atoms with E-state index in [4.69, 9.17) is 22.3 Å². The van der Waals surface area contributed by atoms with Crippen LogP contribution in [-0.2, 0) is 11.2 Å². The summed E-state index contributed by atoms with van der Waals surface area (Å²) in [6.45, 7) is 1.79. The van der Waals surface area contributed by atoms with Crippen molar-refractivity contribution in [2.24, 2.45) is 5.73 Å². The number of pyridine rings is 1. The fourth-order valence-electron chi connectivity index (χ4n) is 4.13. The van der Waals surface area contributed by atoms with Crippen LogP contribution in [0.1, 0.15) is 35.2 Å². The molecule has 0 spiro atoms. The Labute approximate surface area is 199 Å². The fourth-order valence-corrected chi connectivity index (χ4v) is 4.35. The number of benzene rings is 2. The van der Waals surface area contributed by atoms with Crippen molar-refractivity contribution >= 4 is 34.9 Å². The molecule has 170 valence electrons. The second-order valence-corrected chi connectivity index (χ2v) is 8.70. The van der Waals surface area contributed by atoms with Gasteiger partial charge in [-0.05, 0) is 49.1 Å². The van der Waals surface area contributed by atoms with E-state index in [-0.39, 0.29) is 5.91 Å². The van der Waals surface area contributed by atoms with Gasteiger partial charge in [-0.3, -0.25) is 14.5 Å².